The lowest BCUT2D eigenvalue weighted by Gasteiger charge is -2.16. The fourth-order valence-corrected chi connectivity index (χ4v) is 2.06. The summed E-state index contributed by atoms with van der Waals surface area (Å²) in [4.78, 5) is 2.20. The molecule has 0 unspecified atom stereocenters. The first-order chi connectivity index (χ1) is 10.2. The van der Waals surface area contributed by atoms with E-state index in [0.29, 0.717) is 13.0 Å². The Morgan fingerprint density at radius 1 is 1.29 bits per heavy atom. The fraction of sp³-hybridized carbons (Fsp3) is 0.375. The SMILES string of the molecule is CN(CCOc1ccc(CC#N)cc1)Cc1cnn(C)c1. The van der Waals surface area contributed by atoms with E-state index in [0.717, 1.165) is 24.4 Å². The second-order valence-corrected chi connectivity index (χ2v) is 5.09. The van der Waals surface area contributed by atoms with E-state index in [-0.39, 0.29) is 0 Å². The van der Waals surface area contributed by atoms with Crippen molar-refractivity contribution in [2.45, 2.75) is 13.0 Å². The number of ether oxygens (including phenoxy) is 1. The Kier molecular flexibility index (Phi) is 5.35. The van der Waals surface area contributed by atoms with E-state index in [2.05, 4.69) is 23.1 Å². The second kappa shape index (κ2) is 7.46. The number of rotatable bonds is 7. The Morgan fingerprint density at radius 3 is 2.67 bits per heavy atom. The maximum atomic E-state index is 8.62. The minimum atomic E-state index is 0.439. The van der Waals surface area contributed by atoms with E-state index in [9.17, 15) is 0 Å². The molecular formula is C16H20N4O. The van der Waals surface area contributed by atoms with Gasteiger partial charge in [-0.05, 0) is 24.7 Å². The van der Waals surface area contributed by atoms with Crippen molar-refractivity contribution in [3.63, 3.8) is 0 Å². The van der Waals surface area contributed by atoms with Gasteiger partial charge in [-0.25, -0.2) is 0 Å². The highest BCUT2D eigenvalue weighted by atomic mass is 16.5. The molecule has 1 heterocycles. The van der Waals surface area contributed by atoms with Gasteiger partial charge in [0, 0.05) is 31.9 Å². The van der Waals surface area contributed by atoms with Crippen LogP contribution in [0.1, 0.15) is 11.1 Å². The van der Waals surface area contributed by atoms with E-state index < -0.39 is 0 Å². The molecule has 0 atom stereocenters. The maximum absolute atomic E-state index is 8.62. The van der Waals surface area contributed by atoms with Gasteiger partial charge in [-0.15, -0.1) is 0 Å². The molecule has 0 spiro atoms. The van der Waals surface area contributed by atoms with Crippen LogP contribution in [-0.4, -0.2) is 34.9 Å². The minimum absolute atomic E-state index is 0.439. The number of likely N-dealkylation sites (N-methyl/N-ethyl adjacent to an activating group) is 1. The first-order valence-corrected chi connectivity index (χ1v) is 6.92. The largest absolute Gasteiger partial charge is 0.492 e. The van der Waals surface area contributed by atoms with Crippen LogP contribution in [0.4, 0.5) is 0 Å². The molecule has 0 saturated carbocycles. The Labute approximate surface area is 125 Å². The van der Waals surface area contributed by atoms with Crippen molar-refractivity contribution in [2.75, 3.05) is 20.2 Å². The van der Waals surface area contributed by atoms with Gasteiger partial charge >= 0.3 is 0 Å². The molecular weight excluding hydrogens is 264 g/mol. The molecule has 0 saturated heterocycles. The molecule has 110 valence electrons. The van der Waals surface area contributed by atoms with Gasteiger partial charge < -0.3 is 4.74 Å². The standard InChI is InChI=1S/C16H20N4O/c1-19(12-15-11-18-20(2)13-15)9-10-21-16-5-3-14(4-6-16)7-8-17/h3-6,11,13H,7,9-10,12H2,1-2H3. The average molecular weight is 284 g/mol. The molecule has 0 aliphatic rings. The first kappa shape index (κ1) is 15.1. The second-order valence-electron chi connectivity index (χ2n) is 5.09. The van der Waals surface area contributed by atoms with E-state index in [1.807, 2.05) is 48.4 Å². The Hall–Kier alpha value is -2.32. The quantitative estimate of drug-likeness (QED) is 0.780. The summed E-state index contributed by atoms with van der Waals surface area (Å²) in [6.07, 6.45) is 4.34. The molecule has 5 heteroatoms. The minimum Gasteiger partial charge on any atom is -0.492 e. The van der Waals surface area contributed by atoms with Crippen molar-refractivity contribution in [3.8, 4) is 11.8 Å². The van der Waals surface area contributed by atoms with Crippen LogP contribution in [0, 0.1) is 11.3 Å². The van der Waals surface area contributed by atoms with Gasteiger partial charge in [-0.1, -0.05) is 12.1 Å². The van der Waals surface area contributed by atoms with Crippen LogP contribution in [0.25, 0.3) is 0 Å². The van der Waals surface area contributed by atoms with Gasteiger partial charge in [0.1, 0.15) is 12.4 Å². The number of aromatic nitrogens is 2. The Morgan fingerprint density at radius 2 is 2.05 bits per heavy atom. The number of hydrogen-bond acceptors (Lipinski definition) is 4. The molecule has 0 N–H and O–H groups in total. The highest BCUT2D eigenvalue weighted by Gasteiger charge is 2.03. The smallest absolute Gasteiger partial charge is 0.119 e. The third-order valence-electron chi connectivity index (χ3n) is 3.16. The summed E-state index contributed by atoms with van der Waals surface area (Å²) >= 11 is 0. The zero-order chi connectivity index (χ0) is 15.1. The van der Waals surface area contributed by atoms with Crippen LogP contribution in [0.5, 0.6) is 5.75 Å². The molecule has 0 aliphatic heterocycles. The molecule has 1 aromatic heterocycles. The lowest BCUT2D eigenvalue weighted by molar-refractivity contribution is 0.233. The van der Waals surface area contributed by atoms with Gasteiger partial charge in [0.2, 0.25) is 0 Å². The first-order valence-electron chi connectivity index (χ1n) is 6.92. The maximum Gasteiger partial charge on any atom is 0.119 e. The molecule has 0 aliphatic carbocycles. The summed E-state index contributed by atoms with van der Waals surface area (Å²) in [6.45, 7) is 2.33. The Bertz CT molecular complexity index is 597. The molecule has 2 rings (SSSR count). The molecule has 5 nitrogen and oxygen atoms in total. The molecule has 0 amide bonds. The van der Waals surface area contributed by atoms with Crippen molar-refractivity contribution in [1.29, 1.82) is 5.26 Å². The molecule has 0 fully saturated rings. The topological polar surface area (TPSA) is 54.1 Å². The van der Waals surface area contributed by atoms with E-state index in [1.54, 1.807) is 0 Å². The van der Waals surface area contributed by atoms with Gasteiger partial charge in [-0.3, -0.25) is 9.58 Å². The predicted molar refractivity (Wildman–Crippen MR) is 80.8 cm³/mol. The van der Waals surface area contributed by atoms with E-state index in [1.165, 1.54) is 5.56 Å². The third-order valence-corrected chi connectivity index (χ3v) is 3.16. The highest BCUT2D eigenvalue weighted by molar-refractivity contribution is 5.28. The number of aryl methyl sites for hydroxylation is 1. The third kappa shape index (κ3) is 4.93. The van der Waals surface area contributed by atoms with Crippen LogP contribution in [0.3, 0.4) is 0 Å². The number of nitriles is 1. The van der Waals surface area contributed by atoms with Crippen LogP contribution in [0.15, 0.2) is 36.7 Å². The summed E-state index contributed by atoms with van der Waals surface area (Å²) in [7, 11) is 3.98. The van der Waals surface area contributed by atoms with Crippen LogP contribution in [0.2, 0.25) is 0 Å². The van der Waals surface area contributed by atoms with Gasteiger partial charge in [0.25, 0.3) is 0 Å². The van der Waals surface area contributed by atoms with E-state index >= 15 is 0 Å². The summed E-state index contributed by atoms with van der Waals surface area (Å²) < 4.78 is 7.52. The van der Waals surface area contributed by atoms with Crippen molar-refractivity contribution < 1.29 is 4.74 Å². The van der Waals surface area contributed by atoms with Crippen LogP contribution >= 0.6 is 0 Å². The molecule has 1 aromatic carbocycles. The fourth-order valence-electron chi connectivity index (χ4n) is 2.06. The summed E-state index contributed by atoms with van der Waals surface area (Å²) in [6, 6.07) is 9.81. The molecule has 2 aromatic rings. The summed E-state index contributed by atoms with van der Waals surface area (Å²) in [5, 5.41) is 12.8. The number of hydrogen-bond donors (Lipinski definition) is 0. The summed E-state index contributed by atoms with van der Waals surface area (Å²) in [5.74, 6) is 0.839. The van der Waals surface area contributed by atoms with Crippen LogP contribution in [-0.2, 0) is 20.0 Å². The number of benzene rings is 1. The zero-order valence-corrected chi connectivity index (χ0v) is 12.5. The lowest BCUT2D eigenvalue weighted by atomic mass is 10.2. The average Bonchev–Trinajstić information content (AvgIpc) is 2.86. The van der Waals surface area contributed by atoms with E-state index in [4.69, 9.17) is 10.00 Å². The van der Waals surface area contributed by atoms with Crippen molar-refractivity contribution >= 4 is 0 Å². The highest BCUT2D eigenvalue weighted by Crippen LogP contribution is 2.12. The normalized spacial score (nSPS) is 10.6. The summed E-state index contributed by atoms with van der Waals surface area (Å²) in [5.41, 5.74) is 2.21. The molecule has 0 bridgehead atoms. The zero-order valence-electron chi connectivity index (χ0n) is 12.5. The van der Waals surface area contributed by atoms with Crippen LogP contribution < -0.4 is 4.74 Å². The lowest BCUT2D eigenvalue weighted by Crippen LogP contribution is -2.23. The Balaban J connectivity index is 1.72. The molecule has 21 heavy (non-hydrogen) atoms. The van der Waals surface area contributed by atoms with Crippen molar-refractivity contribution in [3.05, 3.63) is 47.8 Å². The van der Waals surface area contributed by atoms with Crippen molar-refractivity contribution in [2.24, 2.45) is 7.05 Å². The van der Waals surface area contributed by atoms with Gasteiger partial charge in [-0.2, -0.15) is 10.4 Å². The van der Waals surface area contributed by atoms with Gasteiger partial charge in [0.15, 0.2) is 0 Å². The predicted octanol–water partition coefficient (Wildman–Crippen LogP) is 2.00. The van der Waals surface area contributed by atoms with Gasteiger partial charge in [0.05, 0.1) is 18.7 Å². The molecule has 0 radical (unpaired) electrons. The van der Waals surface area contributed by atoms with Crippen molar-refractivity contribution in [1.82, 2.24) is 14.7 Å². The number of nitrogens with zero attached hydrogens (tertiary/aromatic N) is 4. The monoisotopic (exact) mass is 284 g/mol.